The van der Waals surface area contributed by atoms with Crippen LogP contribution in [-0.2, 0) is 0 Å². The van der Waals surface area contributed by atoms with Crippen molar-refractivity contribution >= 4 is 30.1 Å². The van der Waals surface area contributed by atoms with Gasteiger partial charge in [0, 0.05) is 24.1 Å². The van der Waals surface area contributed by atoms with E-state index < -0.39 is 5.76 Å². The van der Waals surface area contributed by atoms with E-state index in [0.29, 0.717) is 35.3 Å². The van der Waals surface area contributed by atoms with Crippen LogP contribution in [0, 0.1) is 5.41 Å². The number of carbonyl (C=O) groups excluding carboxylic acids is 1. The van der Waals surface area contributed by atoms with Gasteiger partial charge < -0.3 is 10.6 Å². The van der Waals surface area contributed by atoms with Crippen molar-refractivity contribution in [1.29, 1.82) is 0 Å². The van der Waals surface area contributed by atoms with Crippen molar-refractivity contribution in [3.63, 3.8) is 0 Å². The molecule has 0 fully saturated rings. The van der Waals surface area contributed by atoms with Crippen molar-refractivity contribution in [3.8, 4) is 0 Å². The molecule has 0 saturated heterocycles. The first-order chi connectivity index (χ1) is 9.25. The number of rotatable bonds is 6. The Morgan fingerprint density at radius 3 is 2.29 bits per heavy atom. The Morgan fingerprint density at radius 1 is 1.33 bits per heavy atom. The lowest BCUT2D eigenvalue weighted by molar-refractivity contribution is 0.0740. The van der Waals surface area contributed by atoms with Gasteiger partial charge >= 0.3 is 0 Å². The largest absolute Gasteiger partial charge is 0.341 e. The molecule has 7 heteroatoms. The minimum atomic E-state index is -2.45. The number of benzene rings is 1. The highest BCUT2D eigenvalue weighted by atomic mass is 35.5. The second-order valence-electron chi connectivity index (χ2n) is 5.43. The topological polar surface area (TPSA) is 46.3 Å². The molecule has 0 unspecified atom stereocenters. The van der Waals surface area contributed by atoms with Crippen molar-refractivity contribution in [3.05, 3.63) is 29.8 Å². The van der Waals surface area contributed by atoms with Crippen LogP contribution in [0.25, 0.3) is 0 Å². The fraction of sp³-hybridized carbons (Fsp3) is 0.500. The molecule has 1 aromatic rings. The van der Waals surface area contributed by atoms with E-state index in [4.69, 9.17) is 5.73 Å². The number of alkyl halides is 2. The molecule has 21 heavy (non-hydrogen) atoms. The van der Waals surface area contributed by atoms with Gasteiger partial charge in [-0.15, -0.1) is 12.4 Å². The zero-order valence-corrected chi connectivity index (χ0v) is 13.9. The molecule has 0 spiro atoms. The van der Waals surface area contributed by atoms with Crippen molar-refractivity contribution < 1.29 is 13.6 Å². The third kappa shape index (κ3) is 6.63. The first-order valence-corrected chi connectivity index (χ1v) is 7.13. The zero-order valence-electron chi connectivity index (χ0n) is 12.3. The summed E-state index contributed by atoms with van der Waals surface area (Å²) in [7, 11) is 1.71. The summed E-state index contributed by atoms with van der Waals surface area (Å²) < 4.78 is 24.4. The van der Waals surface area contributed by atoms with E-state index in [9.17, 15) is 13.6 Å². The normalized spacial score (nSPS) is 11.2. The lowest BCUT2D eigenvalue weighted by atomic mass is 9.93. The number of hydrogen-bond acceptors (Lipinski definition) is 3. The molecule has 1 amide bonds. The molecule has 1 aromatic carbocycles. The van der Waals surface area contributed by atoms with Crippen LogP contribution in [0.15, 0.2) is 29.2 Å². The molecule has 2 N–H and O–H groups in total. The molecule has 3 nitrogen and oxygen atoms in total. The first-order valence-electron chi connectivity index (χ1n) is 6.25. The monoisotopic (exact) mass is 338 g/mol. The molecule has 1 rings (SSSR count). The summed E-state index contributed by atoms with van der Waals surface area (Å²) in [5, 5.41) is 0. The van der Waals surface area contributed by atoms with E-state index in [1.807, 2.05) is 13.8 Å². The number of halogens is 3. The Labute approximate surface area is 134 Å². The van der Waals surface area contributed by atoms with Gasteiger partial charge in [0.1, 0.15) is 0 Å². The number of hydrogen-bond donors (Lipinski definition) is 1. The fourth-order valence-corrected chi connectivity index (χ4v) is 2.28. The van der Waals surface area contributed by atoms with Gasteiger partial charge in [0.2, 0.25) is 0 Å². The second-order valence-corrected chi connectivity index (χ2v) is 6.50. The SMILES string of the molecule is CN(CC(C)(C)CN)C(=O)c1ccc(SC(F)F)cc1.Cl. The van der Waals surface area contributed by atoms with Crippen LogP contribution in [0.3, 0.4) is 0 Å². The molecular formula is C14H21ClF2N2OS. The van der Waals surface area contributed by atoms with Crippen LogP contribution in [0.4, 0.5) is 8.78 Å². The van der Waals surface area contributed by atoms with E-state index in [1.165, 1.54) is 12.1 Å². The maximum Gasteiger partial charge on any atom is 0.288 e. The standard InChI is InChI=1S/C14H20F2N2OS.ClH/c1-14(2,8-17)9-18(3)12(19)10-4-6-11(7-5-10)20-13(15)16;/h4-7,13H,8-9,17H2,1-3H3;1H. The van der Waals surface area contributed by atoms with Crippen molar-refractivity contribution in [1.82, 2.24) is 4.90 Å². The highest BCUT2D eigenvalue weighted by Gasteiger charge is 2.21. The average molecular weight is 339 g/mol. The van der Waals surface area contributed by atoms with E-state index in [-0.39, 0.29) is 23.7 Å². The smallest absolute Gasteiger partial charge is 0.288 e. The lowest BCUT2D eigenvalue weighted by Crippen LogP contribution is -2.39. The molecule has 0 aliphatic heterocycles. The Kier molecular flexibility index (Phi) is 8.21. The Morgan fingerprint density at radius 2 is 1.86 bits per heavy atom. The Balaban J connectivity index is 0.00000400. The summed E-state index contributed by atoms with van der Waals surface area (Å²) in [5.74, 6) is -2.59. The lowest BCUT2D eigenvalue weighted by Gasteiger charge is -2.29. The predicted molar refractivity (Wildman–Crippen MR) is 85.3 cm³/mol. The maximum atomic E-state index is 12.2. The summed E-state index contributed by atoms with van der Waals surface area (Å²) in [6.07, 6.45) is 0. The second kappa shape index (κ2) is 8.56. The quantitative estimate of drug-likeness (QED) is 0.808. The van der Waals surface area contributed by atoms with E-state index in [0.717, 1.165) is 0 Å². The molecule has 120 valence electrons. The highest BCUT2D eigenvalue weighted by molar-refractivity contribution is 7.99. The summed E-state index contributed by atoms with van der Waals surface area (Å²) in [4.78, 5) is 14.2. The van der Waals surface area contributed by atoms with E-state index in [2.05, 4.69) is 0 Å². The fourth-order valence-electron chi connectivity index (χ4n) is 1.78. The summed E-state index contributed by atoms with van der Waals surface area (Å²) in [6.45, 7) is 4.99. The van der Waals surface area contributed by atoms with Gasteiger partial charge in [-0.1, -0.05) is 25.6 Å². The van der Waals surface area contributed by atoms with Gasteiger partial charge in [-0.05, 0) is 36.2 Å². The minimum absolute atomic E-state index is 0. The van der Waals surface area contributed by atoms with E-state index >= 15 is 0 Å². The molecule has 0 aliphatic rings. The van der Waals surface area contributed by atoms with Crippen LogP contribution < -0.4 is 5.73 Å². The molecule has 0 aliphatic carbocycles. The van der Waals surface area contributed by atoms with Gasteiger partial charge in [0.15, 0.2) is 0 Å². The van der Waals surface area contributed by atoms with E-state index in [1.54, 1.807) is 24.1 Å². The predicted octanol–water partition coefficient (Wildman–Crippen LogP) is 3.48. The summed E-state index contributed by atoms with van der Waals surface area (Å²) in [5.41, 5.74) is 5.98. The highest BCUT2D eigenvalue weighted by Crippen LogP contribution is 2.25. The first kappa shape index (κ1) is 20.1. The molecule has 0 saturated carbocycles. The van der Waals surface area contributed by atoms with Crippen LogP contribution >= 0.6 is 24.2 Å². The minimum Gasteiger partial charge on any atom is -0.341 e. The van der Waals surface area contributed by atoms with Crippen molar-refractivity contribution in [2.24, 2.45) is 11.1 Å². The Hall–Kier alpha value is -0.850. The van der Waals surface area contributed by atoms with Crippen LogP contribution in [-0.4, -0.2) is 36.7 Å². The molecule has 0 radical (unpaired) electrons. The number of nitrogens with two attached hydrogens (primary N) is 1. The molecule has 0 atom stereocenters. The van der Waals surface area contributed by atoms with Crippen molar-refractivity contribution in [2.75, 3.05) is 20.1 Å². The zero-order chi connectivity index (χ0) is 15.3. The van der Waals surface area contributed by atoms with Crippen LogP contribution in [0.5, 0.6) is 0 Å². The van der Waals surface area contributed by atoms with Gasteiger partial charge in [-0.25, -0.2) is 0 Å². The summed E-state index contributed by atoms with van der Waals surface area (Å²) in [6, 6.07) is 6.20. The number of amides is 1. The average Bonchev–Trinajstić information content (AvgIpc) is 2.37. The third-order valence-electron chi connectivity index (χ3n) is 2.89. The Bertz CT molecular complexity index is 455. The number of carbonyl (C=O) groups is 1. The van der Waals surface area contributed by atoms with Gasteiger partial charge in [0.25, 0.3) is 11.7 Å². The van der Waals surface area contributed by atoms with Crippen LogP contribution in [0.1, 0.15) is 24.2 Å². The molecule has 0 aromatic heterocycles. The maximum absolute atomic E-state index is 12.2. The third-order valence-corrected chi connectivity index (χ3v) is 3.61. The number of nitrogens with zero attached hydrogens (tertiary/aromatic N) is 1. The van der Waals surface area contributed by atoms with Crippen molar-refractivity contribution in [2.45, 2.75) is 24.5 Å². The van der Waals surface area contributed by atoms with Gasteiger partial charge in [-0.2, -0.15) is 8.78 Å². The van der Waals surface area contributed by atoms with Crippen LogP contribution in [0.2, 0.25) is 0 Å². The molecule has 0 heterocycles. The molecular weight excluding hydrogens is 318 g/mol. The molecule has 0 bridgehead atoms. The number of thioether (sulfide) groups is 1. The van der Waals surface area contributed by atoms with Gasteiger partial charge in [0.05, 0.1) is 0 Å². The summed E-state index contributed by atoms with van der Waals surface area (Å²) >= 11 is 0.466. The van der Waals surface area contributed by atoms with Gasteiger partial charge in [-0.3, -0.25) is 4.79 Å².